The van der Waals surface area contributed by atoms with E-state index in [-0.39, 0.29) is 12.5 Å². The number of hydrogen-bond acceptors (Lipinski definition) is 3. The average molecular weight is 184 g/mol. The summed E-state index contributed by atoms with van der Waals surface area (Å²) < 4.78 is 22.9. The fraction of sp³-hybridized carbons (Fsp3) is 0.333. The van der Waals surface area contributed by atoms with Crippen molar-refractivity contribution in [1.29, 1.82) is 0 Å². The molecular formula is C9H9FO3. The molecule has 0 aromatic heterocycles. The molecule has 1 aromatic carbocycles. The van der Waals surface area contributed by atoms with Crippen molar-refractivity contribution < 1.29 is 19.0 Å². The fourth-order valence-corrected chi connectivity index (χ4v) is 1.24. The van der Waals surface area contributed by atoms with E-state index in [1.54, 1.807) is 0 Å². The molecule has 0 bridgehead atoms. The lowest BCUT2D eigenvalue weighted by atomic mass is 10.1. The lowest BCUT2D eigenvalue weighted by Gasteiger charge is -2.05. The molecule has 1 aliphatic rings. The van der Waals surface area contributed by atoms with Crippen LogP contribution in [0.25, 0.3) is 0 Å². The van der Waals surface area contributed by atoms with Gasteiger partial charge in [0.25, 0.3) is 0 Å². The van der Waals surface area contributed by atoms with Gasteiger partial charge in [-0.25, -0.2) is 4.39 Å². The predicted molar refractivity (Wildman–Crippen MR) is 43.8 cm³/mol. The summed E-state index contributed by atoms with van der Waals surface area (Å²) in [4.78, 5) is 0. The maximum Gasteiger partial charge on any atom is 0.231 e. The SMILES string of the molecule is CC(F)c1cc(O)c2c(c1)OCO2. The van der Waals surface area contributed by atoms with Crippen LogP contribution in [-0.4, -0.2) is 11.9 Å². The van der Waals surface area contributed by atoms with Crippen LogP contribution in [0, 0.1) is 0 Å². The summed E-state index contributed by atoms with van der Waals surface area (Å²) >= 11 is 0. The Labute approximate surface area is 74.7 Å². The summed E-state index contributed by atoms with van der Waals surface area (Å²) in [5.74, 6) is 0.624. The van der Waals surface area contributed by atoms with E-state index >= 15 is 0 Å². The minimum atomic E-state index is -1.12. The molecule has 2 rings (SSSR count). The average Bonchev–Trinajstić information content (AvgIpc) is 2.51. The van der Waals surface area contributed by atoms with Crippen molar-refractivity contribution in [1.82, 2.24) is 0 Å². The van der Waals surface area contributed by atoms with Gasteiger partial charge in [-0.15, -0.1) is 0 Å². The molecule has 70 valence electrons. The van der Waals surface area contributed by atoms with Crippen molar-refractivity contribution in [2.45, 2.75) is 13.1 Å². The van der Waals surface area contributed by atoms with E-state index < -0.39 is 6.17 Å². The van der Waals surface area contributed by atoms with Crippen LogP contribution in [-0.2, 0) is 0 Å². The van der Waals surface area contributed by atoms with Crippen LogP contribution in [0.15, 0.2) is 12.1 Å². The van der Waals surface area contributed by atoms with Gasteiger partial charge in [-0.1, -0.05) is 0 Å². The first-order valence-corrected chi connectivity index (χ1v) is 3.95. The zero-order valence-corrected chi connectivity index (χ0v) is 7.08. The van der Waals surface area contributed by atoms with Gasteiger partial charge in [0.1, 0.15) is 6.17 Å². The molecule has 4 heteroatoms. The van der Waals surface area contributed by atoms with Crippen LogP contribution < -0.4 is 9.47 Å². The Morgan fingerprint density at radius 3 is 2.92 bits per heavy atom. The molecular weight excluding hydrogens is 175 g/mol. The number of ether oxygens (including phenoxy) is 2. The van der Waals surface area contributed by atoms with Crippen LogP contribution in [0.2, 0.25) is 0 Å². The molecule has 1 atom stereocenters. The third-order valence-corrected chi connectivity index (χ3v) is 1.93. The summed E-state index contributed by atoms with van der Waals surface area (Å²) in [6.45, 7) is 1.48. The monoisotopic (exact) mass is 184 g/mol. The number of aromatic hydroxyl groups is 1. The number of rotatable bonds is 1. The Balaban J connectivity index is 2.49. The Morgan fingerprint density at radius 1 is 1.46 bits per heavy atom. The first-order chi connectivity index (χ1) is 6.18. The van der Waals surface area contributed by atoms with Gasteiger partial charge in [-0.2, -0.15) is 0 Å². The summed E-state index contributed by atoms with van der Waals surface area (Å²) in [5, 5.41) is 9.39. The molecule has 1 aromatic rings. The number of benzene rings is 1. The maximum absolute atomic E-state index is 12.9. The zero-order chi connectivity index (χ0) is 9.42. The highest BCUT2D eigenvalue weighted by molar-refractivity contribution is 5.54. The van der Waals surface area contributed by atoms with Gasteiger partial charge >= 0.3 is 0 Å². The number of phenolic OH excluding ortho intramolecular Hbond substituents is 1. The lowest BCUT2D eigenvalue weighted by molar-refractivity contribution is 0.171. The molecule has 3 nitrogen and oxygen atoms in total. The second-order valence-electron chi connectivity index (χ2n) is 2.89. The van der Waals surface area contributed by atoms with Gasteiger partial charge in [-0.3, -0.25) is 0 Å². The molecule has 0 saturated heterocycles. The summed E-state index contributed by atoms with van der Waals surface area (Å²) in [6.07, 6.45) is -1.12. The smallest absolute Gasteiger partial charge is 0.231 e. The minimum absolute atomic E-state index is 0.0745. The van der Waals surface area contributed by atoms with Gasteiger partial charge in [0, 0.05) is 0 Å². The van der Waals surface area contributed by atoms with Crippen molar-refractivity contribution >= 4 is 0 Å². The van der Waals surface area contributed by atoms with Gasteiger partial charge in [0.2, 0.25) is 12.5 Å². The molecule has 0 radical (unpaired) electrons. The minimum Gasteiger partial charge on any atom is -0.504 e. The van der Waals surface area contributed by atoms with Crippen molar-refractivity contribution in [2.24, 2.45) is 0 Å². The van der Waals surface area contributed by atoms with E-state index in [1.165, 1.54) is 19.1 Å². The summed E-state index contributed by atoms with van der Waals surface area (Å²) in [7, 11) is 0. The third kappa shape index (κ3) is 1.28. The third-order valence-electron chi connectivity index (χ3n) is 1.93. The van der Waals surface area contributed by atoms with Crippen LogP contribution in [0.1, 0.15) is 18.7 Å². The van der Waals surface area contributed by atoms with Crippen molar-refractivity contribution in [3.8, 4) is 17.2 Å². The van der Waals surface area contributed by atoms with Crippen LogP contribution in [0.5, 0.6) is 17.2 Å². The van der Waals surface area contributed by atoms with Crippen LogP contribution >= 0.6 is 0 Å². The van der Waals surface area contributed by atoms with Crippen molar-refractivity contribution in [3.63, 3.8) is 0 Å². The molecule has 0 saturated carbocycles. The normalized spacial score (nSPS) is 15.8. The van der Waals surface area contributed by atoms with E-state index in [9.17, 15) is 9.50 Å². The van der Waals surface area contributed by atoms with Crippen molar-refractivity contribution in [3.05, 3.63) is 17.7 Å². The molecule has 1 unspecified atom stereocenters. The van der Waals surface area contributed by atoms with E-state index in [0.29, 0.717) is 17.1 Å². The molecule has 0 amide bonds. The van der Waals surface area contributed by atoms with Gasteiger partial charge < -0.3 is 14.6 Å². The lowest BCUT2D eigenvalue weighted by Crippen LogP contribution is -1.93. The highest BCUT2D eigenvalue weighted by atomic mass is 19.1. The molecule has 13 heavy (non-hydrogen) atoms. The molecule has 0 aliphatic carbocycles. The van der Waals surface area contributed by atoms with E-state index in [2.05, 4.69) is 0 Å². The highest BCUT2D eigenvalue weighted by Gasteiger charge is 2.20. The largest absolute Gasteiger partial charge is 0.504 e. The molecule has 1 aliphatic heterocycles. The van der Waals surface area contributed by atoms with Gasteiger partial charge in [0.05, 0.1) is 0 Å². The standard InChI is InChI=1S/C9H9FO3/c1-5(10)6-2-7(11)9-8(3-6)12-4-13-9/h2-3,5,11H,4H2,1H3. The molecule has 0 fully saturated rings. The van der Waals surface area contributed by atoms with E-state index in [0.717, 1.165) is 0 Å². The van der Waals surface area contributed by atoms with Crippen LogP contribution in [0.3, 0.4) is 0 Å². The number of alkyl halides is 1. The second kappa shape index (κ2) is 2.80. The zero-order valence-electron chi connectivity index (χ0n) is 7.08. The van der Waals surface area contributed by atoms with Gasteiger partial charge in [-0.05, 0) is 24.6 Å². The highest BCUT2D eigenvalue weighted by Crippen LogP contribution is 2.42. The first kappa shape index (κ1) is 8.16. The fourth-order valence-electron chi connectivity index (χ4n) is 1.24. The van der Waals surface area contributed by atoms with E-state index in [1.807, 2.05) is 0 Å². The number of phenols is 1. The Kier molecular flexibility index (Phi) is 1.76. The second-order valence-corrected chi connectivity index (χ2v) is 2.89. The Hall–Kier alpha value is -1.45. The predicted octanol–water partition coefficient (Wildman–Crippen LogP) is 2.15. The number of halogens is 1. The Morgan fingerprint density at radius 2 is 2.23 bits per heavy atom. The van der Waals surface area contributed by atoms with E-state index in [4.69, 9.17) is 9.47 Å². The van der Waals surface area contributed by atoms with Gasteiger partial charge in [0.15, 0.2) is 11.5 Å². The number of hydrogen-bond donors (Lipinski definition) is 1. The summed E-state index contributed by atoms with van der Waals surface area (Å²) in [5.41, 5.74) is 0.391. The maximum atomic E-state index is 12.9. The molecule has 1 N–H and O–H groups in total. The van der Waals surface area contributed by atoms with Crippen LogP contribution in [0.4, 0.5) is 4.39 Å². The first-order valence-electron chi connectivity index (χ1n) is 3.95. The quantitative estimate of drug-likeness (QED) is 0.726. The van der Waals surface area contributed by atoms with Crippen molar-refractivity contribution in [2.75, 3.05) is 6.79 Å². The number of fused-ring (bicyclic) bond motifs is 1. The topological polar surface area (TPSA) is 38.7 Å². The summed E-state index contributed by atoms with van der Waals surface area (Å²) in [6, 6.07) is 2.88. The Bertz CT molecular complexity index is 336. The molecule has 0 spiro atoms. The molecule has 1 heterocycles.